The molecule has 0 aromatic heterocycles. The number of aromatic hydroxyl groups is 1. The minimum atomic E-state index is -0.790. The smallest absolute Gasteiger partial charge is 0.314 e. The number of hydrogen-bond acceptors (Lipinski definition) is 3. The Morgan fingerprint density at radius 2 is 1.33 bits per heavy atom. The van der Waals surface area contributed by atoms with Crippen LogP contribution >= 0.6 is 15.9 Å². The molecule has 0 atom stereocenters. The predicted molar refractivity (Wildman–Crippen MR) is 97.0 cm³/mol. The Hall–Kier alpha value is -2.86. The van der Waals surface area contributed by atoms with Crippen molar-refractivity contribution in [2.24, 2.45) is 0 Å². The van der Waals surface area contributed by atoms with Crippen molar-refractivity contribution in [3.8, 4) is 5.75 Å². The number of fused-ring (bicyclic) bond motifs is 1. The summed E-state index contributed by atoms with van der Waals surface area (Å²) in [5.74, 6) is -1.46. The molecule has 0 bridgehead atoms. The van der Waals surface area contributed by atoms with Gasteiger partial charge in [-0.1, -0.05) is 36.4 Å². The minimum absolute atomic E-state index is 0.112. The van der Waals surface area contributed by atoms with Crippen molar-refractivity contribution in [1.29, 1.82) is 0 Å². The highest BCUT2D eigenvalue weighted by Gasteiger charge is 2.16. The van der Waals surface area contributed by atoms with Gasteiger partial charge in [-0.25, -0.2) is 0 Å². The molecule has 0 saturated carbocycles. The Bertz CT molecular complexity index is 940. The number of carbonyl (C=O) groups is 2. The van der Waals surface area contributed by atoms with Crippen molar-refractivity contribution in [2.45, 2.75) is 0 Å². The molecule has 0 unspecified atom stereocenters. The summed E-state index contributed by atoms with van der Waals surface area (Å²) < 4.78 is 0.682. The highest BCUT2D eigenvalue weighted by Crippen LogP contribution is 2.29. The molecule has 0 saturated heterocycles. The zero-order valence-electron chi connectivity index (χ0n) is 12.4. The fourth-order valence-electron chi connectivity index (χ4n) is 2.32. The van der Waals surface area contributed by atoms with E-state index in [2.05, 4.69) is 26.6 Å². The average Bonchev–Trinajstić information content (AvgIpc) is 2.58. The summed E-state index contributed by atoms with van der Waals surface area (Å²) in [4.78, 5) is 24.2. The van der Waals surface area contributed by atoms with Crippen LogP contribution in [0.5, 0.6) is 5.75 Å². The highest BCUT2D eigenvalue weighted by atomic mass is 79.9. The lowest BCUT2D eigenvalue weighted by Gasteiger charge is -2.10. The van der Waals surface area contributed by atoms with E-state index in [1.165, 1.54) is 0 Å². The largest absolute Gasteiger partial charge is 0.507 e. The average molecular weight is 385 g/mol. The molecule has 6 heteroatoms. The van der Waals surface area contributed by atoms with Crippen LogP contribution in [-0.2, 0) is 9.59 Å². The summed E-state index contributed by atoms with van der Waals surface area (Å²) in [6.07, 6.45) is 0. The number of halogens is 1. The summed E-state index contributed by atoms with van der Waals surface area (Å²) in [5.41, 5.74) is 0.962. The molecule has 0 spiro atoms. The van der Waals surface area contributed by atoms with E-state index < -0.39 is 11.8 Å². The first-order chi connectivity index (χ1) is 11.6. The van der Waals surface area contributed by atoms with E-state index in [0.717, 1.165) is 0 Å². The van der Waals surface area contributed by atoms with Gasteiger partial charge in [-0.2, -0.15) is 0 Å². The maximum Gasteiger partial charge on any atom is 0.314 e. The lowest BCUT2D eigenvalue weighted by atomic mass is 10.1. The van der Waals surface area contributed by atoms with Crippen LogP contribution in [0.2, 0.25) is 0 Å². The third-order valence-corrected chi connectivity index (χ3v) is 4.17. The number of para-hydroxylation sites is 1. The van der Waals surface area contributed by atoms with Gasteiger partial charge in [-0.05, 0) is 40.2 Å². The van der Waals surface area contributed by atoms with Crippen molar-refractivity contribution in [3.05, 3.63) is 65.1 Å². The van der Waals surface area contributed by atoms with E-state index in [1.54, 1.807) is 54.6 Å². The molecule has 0 aliphatic rings. The van der Waals surface area contributed by atoms with Crippen LogP contribution < -0.4 is 10.6 Å². The molecule has 3 N–H and O–H groups in total. The maximum absolute atomic E-state index is 12.2. The monoisotopic (exact) mass is 384 g/mol. The number of rotatable bonds is 2. The second-order valence-corrected chi connectivity index (χ2v) is 5.92. The lowest BCUT2D eigenvalue weighted by molar-refractivity contribution is -0.132. The summed E-state index contributed by atoms with van der Waals surface area (Å²) in [6.45, 7) is 0. The van der Waals surface area contributed by atoms with E-state index in [0.29, 0.717) is 26.6 Å². The molecule has 3 aromatic rings. The summed E-state index contributed by atoms with van der Waals surface area (Å²) in [5, 5.41) is 16.2. The van der Waals surface area contributed by atoms with E-state index in [4.69, 9.17) is 0 Å². The number of phenols is 1. The summed E-state index contributed by atoms with van der Waals surface area (Å²) in [7, 11) is 0. The molecule has 0 aliphatic carbocycles. The fourth-order valence-corrected chi connectivity index (χ4v) is 2.71. The Balaban J connectivity index is 1.81. The summed E-state index contributed by atoms with van der Waals surface area (Å²) in [6, 6.07) is 17.1. The second-order valence-electron chi connectivity index (χ2n) is 5.07. The predicted octanol–water partition coefficient (Wildman–Crippen LogP) is 3.89. The normalized spacial score (nSPS) is 10.4. The van der Waals surface area contributed by atoms with Crippen LogP contribution in [0.3, 0.4) is 0 Å². The zero-order chi connectivity index (χ0) is 17.1. The van der Waals surface area contributed by atoms with Gasteiger partial charge >= 0.3 is 11.8 Å². The Morgan fingerprint density at radius 1 is 0.750 bits per heavy atom. The molecule has 0 radical (unpaired) electrons. The van der Waals surface area contributed by atoms with E-state index in [9.17, 15) is 14.7 Å². The zero-order valence-corrected chi connectivity index (χ0v) is 14.0. The van der Waals surface area contributed by atoms with Gasteiger partial charge in [0.15, 0.2) is 0 Å². The molecule has 0 fully saturated rings. The van der Waals surface area contributed by atoms with E-state index >= 15 is 0 Å². The van der Waals surface area contributed by atoms with Crippen LogP contribution in [0.25, 0.3) is 10.8 Å². The second kappa shape index (κ2) is 6.72. The van der Waals surface area contributed by atoms with Crippen molar-refractivity contribution >= 4 is 49.9 Å². The third kappa shape index (κ3) is 3.23. The Labute approximate surface area is 146 Å². The van der Waals surface area contributed by atoms with Crippen molar-refractivity contribution in [1.82, 2.24) is 0 Å². The van der Waals surface area contributed by atoms with Crippen molar-refractivity contribution < 1.29 is 14.7 Å². The number of carbonyl (C=O) groups excluding carboxylic acids is 2. The standard InChI is InChI=1S/C18H13BrN2O3/c19-13-7-1-2-8-15(13)21-18(24)17(23)20-14-9-3-6-12-11(14)5-4-10-16(12)22/h1-10,22H,(H,20,23)(H,21,24). The third-order valence-electron chi connectivity index (χ3n) is 3.48. The van der Waals surface area contributed by atoms with E-state index in [-0.39, 0.29) is 5.75 Å². The van der Waals surface area contributed by atoms with Crippen molar-refractivity contribution in [3.63, 3.8) is 0 Å². The lowest BCUT2D eigenvalue weighted by Crippen LogP contribution is -2.29. The Kier molecular flexibility index (Phi) is 4.48. The fraction of sp³-hybridized carbons (Fsp3) is 0. The molecule has 5 nitrogen and oxygen atoms in total. The molecular formula is C18H13BrN2O3. The number of benzene rings is 3. The van der Waals surface area contributed by atoms with Gasteiger partial charge in [0.1, 0.15) is 5.75 Å². The quantitative estimate of drug-likeness (QED) is 0.586. The van der Waals surface area contributed by atoms with Crippen LogP contribution in [0, 0.1) is 0 Å². The van der Waals surface area contributed by atoms with E-state index in [1.807, 2.05) is 6.07 Å². The first-order valence-electron chi connectivity index (χ1n) is 7.14. The molecule has 0 heterocycles. The molecule has 3 aromatic carbocycles. The number of phenolic OH excluding ortho intramolecular Hbond substituents is 1. The first kappa shape index (κ1) is 16.0. The van der Waals surface area contributed by atoms with Crippen LogP contribution in [0.1, 0.15) is 0 Å². The number of nitrogens with one attached hydrogen (secondary N) is 2. The topological polar surface area (TPSA) is 78.4 Å². The van der Waals surface area contributed by atoms with Gasteiger partial charge in [0.2, 0.25) is 0 Å². The number of hydrogen-bond donors (Lipinski definition) is 3. The highest BCUT2D eigenvalue weighted by molar-refractivity contribution is 9.10. The Morgan fingerprint density at radius 3 is 2.08 bits per heavy atom. The maximum atomic E-state index is 12.2. The number of anilines is 2. The van der Waals surface area contributed by atoms with Gasteiger partial charge in [-0.3, -0.25) is 9.59 Å². The first-order valence-corrected chi connectivity index (χ1v) is 7.93. The summed E-state index contributed by atoms with van der Waals surface area (Å²) >= 11 is 3.31. The van der Waals surface area contributed by atoms with Crippen LogP contribution in [-0.4, -0.2) is 16.9 Å². The molecule has 24 heavy (non-hydrogen) atoms. The van der Waals surface area contributed by atoms with Gasteiger partial charge in [0.25, 0.3) is 0 Å². The van der Waals surface area contributed by atoms with Crippen LogP contribution in [0.15, 0.2) is 65.1 Å². The minimum Gasteiger partial charge on any atom is -0.507 e. The van der Waals surface area contributed by atoms with Gasteiger partial charge in [-0.15, -0.1) is 0 Å². The molecule has 0 aliphatic heterocycles. The van der Waals surface area contributed by atoms with Crippen LogP contribution in [0.4, 0.5) is 11.4 Å². The number of amides is 2. The molecule has 3 rings (SSSR count). The van der Waals surface area contributed by atoms with Gasteiger partial charge < -0.3 is 15.7 Å². The molecular weight excluding hydrogens is 372 g/mol. The SMILES string of the molecule is O=C(Nc1ccccc1Br)C(=O)Nc1cccc2c(O)cccc12. The van der Waals surface area contributed by atoms with Gasteiger partial charge in [0, 0.05) is 20.9 Å². The molecule has 120 valence electrons. The van der Waals surface area contributed by atoms with Crippen molar-refractivity contribution in [2.75, 3.05) is 10.6 Å². The molecule has 2 amide bonds. The van der Waals surface area contributed by atoms with Gasteiger partial charge in [0.05, 0.1) is 5.69 Å².